The van der Waals surface area contributed by atoms with E-state index in [1.165, 1.54) is 17.2 Å². The van der Waals surface area contributed by atoms with E-state index in [0.29, 0.717) is 35.5 Å². The zero-order valence-corrected chi connectivity index (χ0v) is 17.0. The normalized spacial score (nSPS) is 23.3. The van der Waals surface area contributed by atoms with Crippen molar-refractivity contribution in [2.24, 2.45) is 0 Å². The number of pyridine rings is 1. The molecule has 11 heteroatoms. The molecular formula is C21H22F2N6O3. The highest BCUT2D eigenvalue weighted by Gasteiger charge is 2.33. The first kappa shape index (κ1) is 20.6. The number of urea groups is 1. The Bertz CT molecular complexity index is 1160. The maximum absolute atomic E-state index is 14.4. The number of nitrogens with one attached hydrogen (secondary N) is 2. The topological polar surface area (TPSA) is 118 Å². The van der Waals surface area contributed by atoms with Crippen molar-refractivity contribution in [2.75, 3.05) is 29.9 Å². The second-order valence-corrected chi connectivity index (χ2v) is 8.15. The number of aromatic amines is 1. The summed E-state index contributed by atoms with van der Waals surface area (Å²) < 4.78 is 28.2. The van der Waals surface area contributed by atoms with Crippen molar-refractivity contribution in [3.63, 3.8) is 0 Å². The van der Waals surface area contributed by atoms with Crippen LogP contribution < -0.4 is 10.2 Å². The quantitative estimate of drug-likeness (QED) is 0.492. The molecule has 0 aliphatic carbocycles. The van der Waals surface area contributed by atoms with Crippen molar-refractivity contribution in [1.82, 2.24) is 20.1 Å². The van der Waals surface area contributed by atoms with E-state index in [4.69, 9.17) is 0 Å². The number of β-amino-alcohol motifs (C(OH)–C–C–N with tert-alkyl or cyclic N) is 2. The van der Waals surface area contributed by atoms with Gasteiger partial charge in [0.2, 0.25) is 0 Å². The Morgan fingerprint density at radius 3 is 2.75 bits per heavy atom. The number of hydrogen-bond donors (Lipinski definition) is 4. The van der Waals surface area contributed by atoms with Crippen LogP contribution in [0.3, 0.4) is 0 Å². The zero-order chi connectivity index (χ0) is 22.4. The molecule has 0 spiro atoms. The molecule has 2 aliphatic rings. The Hall–Kier alpha value is -3.31. The summed E-state index contributed by atoms with van der Waals surface area (Å²) in [6, 6.07) is 4.32. The van der Waals surface area contributed by atoms with Crippen LogP contribution in [0.15, 0.2) is 30.5 Å². The van der Waals surface area contributed by atoms with Gasteiger partial charge in [0, 0.05) is 12.1 Å². The average Bonchev–Trinajstić information content (AvgIpc) is 3.48. The van der Waals surface area contributed by atoms with Crippen molar-refractivity contribution in [3.8, 4) is 0 Å². The van der Waals surface area contributed by atoms with Crippen molar-refractivity contribution in [3.05, 3.63) is 47.7 Å². The number of likely N-dealkylation sites (tertiary alicyclic amines) is 1. The van der Waals surface area contributed by atoms with Crippen LogP contribution in [0.5, 0.6) is 0 Å². The molecule has 2 saturated heterocycles. The second kappa shape index (κ2) is 7.99. The summed E-state index contributed by atoms with van der Waals surface area (Å²) in [5.74, 6) is -0.421. The number of aromatic nitrogens is 3. The molecule has 1 aromatic carbocycles. The minimum Gasteiger partial charge on any atom is -0.388 e. The number of H-pyrrole nitrogens is 1. The summed E-state index contributed by atoms with van der Waals surface area (Å²) in [7, 11) is 0. The number of nitrogens with zero attached hydrogens (tertiary/aromatic N) is 4. The Balaban J connectivity index is 1.42. The van der Waals surface area contributed by atoms with Gasteiger partial charge in [0.05, 0.1) is 48.6 Å². The molecule has 0 saturated carbocycles. The summed E-state index contributed by atoms with van der Waals surface area (Å²) in [5.41, 5.74) is 1.19. The van der Waals surface area contributed by atoms with Gasteiger partial charge in [-0.3, -0.25) is 5.10 Å². The third-order valence-corrected chi connectivity index (χ3v) is 6.04. The Labute approximate surface area is 181 Å². The molecule has 2 amide bonds. The SMILES string of the molecule is O=C(Nc1cnc2[nH]nc(N3CCC[C@@H]3c3cc(F)ccc3F)c2c1)N1C[C@@H](O)[C@H](O)C1. The fourth-order valence-electron chi connectivity index (χ4n) is 4.43. The van der Waals surface area contributed by atoms with Crippen molar-refractivity contribution >= 4 is 28.6 Å². The van der Waals surface area contributed by atoms with Crippen LogP contribution in [-0.4, -0.2) is 68.2 Å². The molecule has 3 aromatic rings. The Kier molecular flexibility index (Phi) is 5.14. The first-order valence-corrected chi connectivity index (χ1v) is 10.4. The summed E-state index contributed by atoms with van der Waals surface area (Å²) in [6.07, 6.45) is 0.962. The summed E-state index contributed by atoms with van der Waals surface area (Å²) in [6.45, 7) is 0.684. The smallest absolute Gasteiger partial charge is 0.322 e. The molecule has 2 aliphatic heterocycles. The van der Waals surface area contributed by atoms with E-state index < -0.39 is 29.9 Å². The first-order chi connectivity index (χ1) is 15.4. The van der Waals surface area contributed by atoms with E-state index in [-0.39, 0.29) is 24.7 Å². The van der Waals surface area contributed by atoms with Crippen molar-refractivity contribution in [2.45, 2.75) is 31.1 Å². The number of aliphatic hydroxyl groups excluding tert-OH is 2. The summed E-state index contributed by atoms with van der Waals surface area (Å²) >= 11 is 0. The van der Waals surface area contributed by atoms with E-state index in [9.17, 15) is 23.8 Å². The van der Waals surface area contributed by atoms with E-state index in [1.807, 2.05) is 4.90 Å². The predicted molar refractivity (Wildman–Crippen MR) is 112 cm³/mol. The van der Waals surface area contributed by atoms with E-state index in [2.05, 4.69) is 20.5 Å². The summed E-state index contributed by atoms with van der Waals surface area (Å²) in [5, 5.41) is 29.9. The fraction of sp³-hybridized carbons (Fsp3) is 0.381. The highest BCUT2D eigenvalue weighted by Crippen LogP contribution is 2.39. The zero-order valence-electron chi connectivity index (χ0n) is 17.0. The lowest BCUT2D eigenvalue weighted by atomic mass is 10.0. The van der Waals surface area contributed by atoms with Gasteiger partial charge in [-0.1, -0.05) is 0 Å². The number of halogens is 2. The maximum Gasteiger partial charge on any atom is 0.322 e. The van der Waals surface area contributed by atoms with Crippen LogP contribution in [0.25, 0.3) is 11.0 Å². The van der Waals surface area contributed by atoms with Crippen LogP contribution in [0, 0.1) is 11.6 Å². The van der Waals surface area contributed by atoms with Crippen LogP contribution >= 0.6 is 0 Å². The second-order valence-electron chi connectivity index (χ2n) is 8.15. The molecule has 2 aromatic heterocycles. The lowest BCUT2D eigenvalue weighted by Gasteiger charge is -2.25. The molecule has 5 rings (SSSR count). The number of carbonyl (C=O) groups excluding carboxylic acids is 1. The Morgan fingerprint density at radius 2 is 1.97 bits per heavy atom. The minimum absolute atomic E-state index is 0.0360. The van der Waals surface area contributed by atoms with Crippen LogP contribution in [-0.2, 0) is 0 Å². The van der Waals surface area contributed by atoms with E-state index >= 15 is 0 Å². The number of hydrogen-bond acceptors (Lipinski definition) is 6. The molecule has 0 bridgehead atoms. The molecule has 9 nitrogen and oxygen atoms in total. The first-order valence-electron chi connectivity index (χ1n) is 10.4. The van der Waals surface area contributed by atoms with Crippen molar-refractivity contribution < 1.29 is 23.8 Å². The molecule has 4 N–H and O–H groups in total. The van der Waals surface area contributed by atoms with Gasteiger partial charge in [-0.05, 0) is 37.1 Å². The number of benzene rings is 1. The minimum atomic E-state index is -0.975. The van der Waals surface area contributed by atoms with Gasteiger partial charge < -0.3 is 25.3 Å². The van der Waals surface area contributed by atoms with Crippen LogP contribution in [0.2, 0.25) is 0 Å². The number of anilines is 2. The molecule has 2 fully saturated rings. The lowest BCUT2D eigenvalue weighted by molar-refractivity contribution is 0.0572. The average molecular weight is 444 g/mol. The van der Waals surface area contributed by atoms with Gasteiger partial charge in [0.1, 0.15) is 11.6 Å². The Morgan fingerprint density at radius 1 is 1.19 bits per heavy atom. The van der Waals surface area contributed by atoms with Gasteiger partial charge in [0.15, 0.2) is 11.5 Å². The highest BCUT2D eigenvalue weighted by atomic mass is 19.1. The number of fused-ring (bicyclic) bond motifs is 1. The lowest BCUT2D eigenvalue weighted by Crippen LogP contribution is -2.33. The van der Waals surface area contributed by atoms with Crippen molar-refractivity contribution in [1.29, 1.82) is 0 Å². The van der Waals surface area contributed by atoms with Gasteiger partial charge in [0.25, 0.3) is 0 Å². The van der Waals surface area contributed by atoms with Crippen LogP contribution in [0.1, 0.15) is 24.4 Å². The van der Waals surface area contributed by atoms with E-state index in [0.717, 1.165) is 18.6 Å². The van der Waals surface area contributed by atoms with Gasteiger partial charge >= 0.3 is 6.03 Å². The number of carbonyl (C=O) groups is 1. The molecule has 168 valence electrons. The molecule has 0 radical (unpaired) electrons. The highest BCUT2D eigenvalue weighted by molar-refractivity contribution is 5.95. The standard InChI is InChI=1S/C21H22F2N6O3/c22-11-3-4-15(23)13(6-11)16-2-1-5-29(16)20-14-7-12(8-24-19(14)26-27-20)25-21(32)28-9-17(30)18(31)10-28/h3-4,6-8,16-18,30-31H,1-2,5,9-10H2,(H,25,32)(H,24,26,27)/t16-,17-,18-/m1/s1. The molecule has 32 heavy (non-hydrogen) atoms. The predicted octanol–water partition coefficient (Wildman–Crippen LogP) is 2.15. The third-order valence-electron chi connectivity index (χ3n) is 6.04. The maximum atomic E-state index is 14.4. The largest absolute Gasteiger partial charge is 0.388 e. The van der Waals surface area contributed by atoms with E-state index in [1.54, 1.807) is 6.07 Å². The fourth-order valence-corrected chi connectivity index (χ4v) is 4.43. The monoisotopic (exact) mass is 444 g/mol. The van der Waals surface area contributed by atoms with Gasteiger partial charge in [-0.2, -0.15) is 5.10 Å². The van der Waals surface area contributed by atoms with Gasteiger partial charge in [-0.25, -0.2) is 18.6 Å². The van der Waals surface area contributed by atoms with Gasteiger partial charge in [-0.15, -0.1) is 0 Å². The summed E-state index contributed by atoms with van der Waals surface area (Å²) in [4.78, 5) is 20.0. The number of amides is 2. The number of aliphatic hydroxyl groups is 2. The number of rotatable bonds is 3. The van der Waals surface area contributed by atoms with Crippen LogP contribution in [0.4, 0.5) is 25.1 Å². The third kappa shape index (κ3) is 3.63. The molecule has 4 heterocycles. The molecule has 3 atom stereocenters. The molecular weight excluding hydrogens is 422 g/mol. The molecule has 0 unspecified atom stereocenters.